The number of non-ortho nitro benzene ring substituents is 1. The number of hydrogen-bond donors (Lipinski definition) is 3. The van der Waals surface area contributed by atoms with Gasteiger partial charge in [0.2, 0.25) is 5.91 Å². The summed E-state index contributed by atoms with van der Waals surface area (Å²) in [7, 11) is 0. The van der Waals surface area contributed by atoms with Gasteiger partial charge in [-0.3, -0.25) is 19.7 Å². The molecule has 3 N–H and O–H groups in total. The highest BCUT2D eigenvalue weighted by Gasteiger charge is 2.15. The van der Waals surface area contributed by atoms with Crippen LogP contribution in [0, 0.1) is 10.1 Å². The minimum Gasteiger partial charge on any atom is -0.360 e. The zero-order valence-corrected chi connectivity index (χ0v) is 15.6. The number of fused-ring (bicyclic) bond motifs is 1. The maximum absolute atomic E-state index is 12.3. The first-order valence-corrected chi connectivity index (χ1v) is 8.82. The lowest BCUT2D eigenvalue weighted by molar-refractivity contribution is -0.384. The number of nitro benzene ring substituents is 1. The van der Waals surface area contributed by atoms with E-state index < -0.39 is 10.8 Å². The molecular formula is C18H15BrN4O4. The lowest BCUT2D eigenvalue weighted by Crippen LogP contribution is -2.27. The molecule has 0 bridgehead atoms. The summed E-state index contributed by atoms with van der Waals surface area (Å²) in [5.74, 6) is -0.634. The highest BCUT2D eigenvalue weighted by molar-refractivity contribution is 9.10. The van der Waals surface area contributed by atoms with E-state index in [1.165, 1.54) is 18.3 Å². The Balaban J connectivity index is 1.58. The maximum atomic E-state index is 12.3. The molecule has 0 unspecified atom stereocenters. The molecule has 0 aliphatic rings. The average Bonchev–Trinajstić information content (AvgIpc) is 3.06. The van der Waals surface area contributed by atoms with Gasteiger partial charge in [0.1, 0.15) is 0 Å². The number of carbonyl (C=O) groups is 2. The van der Waals surface area contributed by atoms with Crippen molar-refractivity contribution in [3.05, 3.63) is 68.8 Å². The molecular weight excluding hydrogens is 416 g/mol. The van der Waals surface area contributed by atoms with Crippen LogP contribution >= 0.6 is 15.9 Å². The number of rotatable bonds is 6. The average molecular weight is 431 g/mol. The van der Waals surface area contributed by atoms with Gasteiger partial charge in [0.25, 0.3) is 11.6 Å². The van der Waals surface area contributed by atoms with Crippen LogP contribution in [0.4, 0.5) is 11.4 Å². The van der Waals surface area contributed by atoms with E-state index >= 15 is 0 Å². The number of nitrogens with one attached hydrogen (secondary N) is 3. The Morgan fingerprint density at radius 2 is 1.89 bits per heavy atom. The number of H-pyrrole nitrogens is 1. The molecule has 0 aliphatic heterocycles. The van der Waals surface area contributed by atoms with Gasteiger partial charge in [-0.1, -0.05) is 15.9 Å². The van der Waals surface area contributed by atoms with Crippen LogP contribution < -0.4 is 10.6 Å². The molecule has 27 heavy (non-hydrogen) atoms. The molecule has 2 amide bonds. The van der Waals surface area contributed by atoms with Crippen LogP contribution in [0.2, 0.25) is 0 Å². The van der Waals surface area contributed by atoms with Crippen molar-refractivity contribution in [2.75, 3.05) is 11.9 Å². The fraction of sp³-hybridized carbons (Fsp3) is 0.111. The van der Waals surface area contributed by atoms with Crippen molar-refractivity contribution < 1.29 is 14.5 Å². The van der Waals surface area contributed by atoms with Crippen molar-refractivity contribution in [3.63, 3.8) is 0 Å². The zero-order valence-electron chi connectivity index (χ0n) is 14.0. The zero-order chi connectivity index (χ0) is 19.4. The summed E-state index contributed by atoms with van der Waals surface area (Å²) >= 11 is 3.32. The predicted octanol–water partition coefficient (Wildman–Crippen LogP) is 3.60. The van der Waals surface area contributed by atoms with Crippen LogP contribution in [0.3, 0.4) is 0 Å². The smallest absolute Gasteiger partial charge is 0.270 e. The van der Waals surface area contributed by atoms with E-state index in [0.29, 0.717) is 22.2 Å². The van der Waals surface area contributed by atoms with Gasteiger partial charge < -0.3 is 15.6 Å². The lowest BCUT2D eigenvalue weighted by Gasteiger charge is -2.06. The molecule has 3 aromatic rings. The Hall–Kier alpha value is -3.20. The van der Waals surface area contributed by atoms with Crippen LogP contribution in [-0.2, 0) is 4.79 Å². The Kier molecular flexibility index (Phi) is 5.51. The van der Waals surface area contributed by atoms with Crippen LogP contribution in [0.15, 0.2) is 53.1 Å². The third-order valence-corrected chi connectivity index (χ3v) is 4.42. The second-order valence-corrected chi connectivity index (χ2v) is 6.67. The SMILES string of the molecule is O=C(CCNC(=O)c1c[nH]c2ccc([N+](=O)[O-])cc12)Nc1ccc(Br)cc1. The van der Waals surface area contributed by atoms with E-state index in [4.69, 9.17) is 0 Å². The molecule has 9 heteroatoms. The largest absolute Gasteiger partial charge is 0.360 e. The Morgan fingerprint density at radius 3 is 2.59 bits per heavy atom. The first-order chi connectivity index (χ1) is 12.9. The predicted molar refractivity (Wildman–Crippen MR) is 105 cm³/mol. The van der Waals surface area contributed by atoms with Crippen LogP contribution in [0.25, 0.3) is 10.9 Å². The molecule has 0 saturated carbocycles. The number of aromatic nitrogens is 1. The van der Waals surface area contributed by atoms with Crippen LogP contribution in [-0.4, -0.2) is 28.3 Å². The number of carbonyl (C=O) groups excluding carboxylic acids is 2. The quantitative estimate of drug-likeness (QED) is 0.408. The molecule has 0 saturated heterocycles. The van der Waals surface area contributed by atoms with E-state index in [2.05, 4.69) is 31.5 Å². The van der Waals surface area contributed by atoms with Crippen LogP contribution in [0.5, 0.6) is 0 Å². The monoisotopic (exact) mass is 430 g/mol. The van der Waals surface area contributed by atoms with Gasteiger partial charge in [-0.2, -0.15) is 0 Å². The van der Waals surface area contributed by atoms with Gasteiger partial charge in [0.05, 0.1) is 10.5 Å². The molecule has 0 aliphatic carbocycles. The van der Waals surface area contributed by atoms with Crippen molar-refractivity contribution in [2.24, 2.45) is 0 Å². The van der Waals surface area contributed by atoms with E-state index in [1.807, 2.05) is 12.1 Å². The van der Waals surface area contributed by atoms with Crippen molar-refractivity contribution >= 4 is 50.0 Å². The lowest BCUT2D eigenvalue weighted by atomic mass is 10.1. The van der Waals surface area contributed by atoms with Gasteiger partial charge in [-0.05, 0) is 30.3 Å². The molecule has 1 heterocycles. The number of nitro groups is 1. The fourth-order valence-electron chi connectivity index (χ4n) is 2.55. The molecule has 0 radical (unpaired) electrons. The first-order valence-electron chi connectivity index (χ1n) is 8.03. The Labute approximate surface area is 162 Å². The van der Waals surface area contributed by atoms with Crippen LogP contribution in [0.1, 0.15) is 16.8 Å². The summed E-state index contributed by atoms with van der Waals surface area (Å²) in [5.41, 5.74) is 1.49. The number of amides is 2. The normalized spacial score (nSPS) is 10.6. The third kappa shape index (κ3) is 4.50. The van der Waals surface area contributed by atoms with Gasteiger partial charge in [0, 0.05) is 52.4 Å². The molecule has 0 fully saturated rings. The third-order valence-electron chi connectivity index (χ3n) is 3.89. The minimum absolute atomic E-state index is 0.0926. The Morgan fingerprint density at radius 1 is 1.15 bits per heavy atom. The summed E-state index contributed by atoms with van der Waals surface area (Å²) in [6.07, 6.45) is 1.59. The summed E-state index contributed by atoms with van der Waals surface area (Å²) in [6, 6.07) is 11.4. The highest BCUT2D eigenvalue weighted by Crippen LogP contribution is 2.23. The van der Waals surface area contributed by atoms with E-state index in [1.54, 1.807) is 18.2 Å². The second kappa shape index (κ2) is 8.00. The number of anilines is 1. The van der Waals surface area contributed by atoms with E-state index in [0.717, 1.165) is 4.47 Å². The standard InChI is InChI=1S/C18H15BrN4O4/c19-11-1-3-12(4-2-11)22-17(24)7-8-20-18(25)15-10-21-16-6-5-13(23(26)27)9-14(15)16/h1-6,9-10,21H,7-8H2,(H,20,25)(H,22,24). The summed E-state index contributed by atoms with van der Waals surface area (Å²) in [5, 5.41) is 16.8. The molecule has 1 aromatic heterocycles. The number of benzene rings is 2. The molecule has 2 aromatic carbocycles. The van der Waals surface area contributed by atoms with Crippen molar-refractivity contribution in [1.29, 1.82) is 0 Å². The minimum atomic E-state index is -0.513. The van der Waals surface area contributed by atoms with Gasteiger partial charge in [0.15, 0.2) is 0 Å². The first kappa shape index (κ1) is 18.6. The van der Waals surface area contributed by atoms with Gasteiger partial charge in [-0.15, -0.1) is 0 Å². The Bertz CT molecular complexity index is 1010. The molecule has 3 rings (SSSR count). The summed E-state index contributed by atoms with van der Waals surface area (Å²) < 4.78 is 0.909. The fourth-order valence-corrected chi connectivity index (χ4v) is 2.82. The summed E-state index contributed by atoms with van der Waals surface area (Å²) in [6.45, 7) is 0.142. The van der Waals surface area contributed by atoms with E-state index in [9.17, 15) is 19.7 Å². The number of nitrogens with zero attached hydrogens (tertiary/aromatic N) is 1. The molecule has 138 valence electrons. The highest BCUT2D eigenvalue weighted by atomic mass is 79.9. The number of halogens is 1. The van der Waals surface area contributed by atoms with Gasteiger partial charge >= 0.3 is 0 Å². The number of aromatic amines is 1. The van der Waals surface area contributed by atoms with Gasteiger partial charge in [-0.25, -0.2) is 0 Å². The summed E-state index contributed by atoms with van der Waals surface area (Å²) in [4.78, 5) is 37.6. The molecule has 8 nitrogen and oxygen atoms in total. The van der Waals surface area contributed by atoms with Crippen molar-refractivity contribution in [1.82, 2.24) is 10.3 Å². The second-order valence-electron chi connectivity index (χ2n) is 5.75. The van der Waals surface area contributed by atoms with Crippen molar-refractivity contribution in [2.45, 2.75) is 6.42 Å². The maximum Gasteiger partial charge on any atom is 0.270 e. The number of hydrogen-bond acceptors (Lipinski definition) is 4. The molecule has 0 atom stereocenters. The van der Waals surface area contributed by atoms with Crippen molar-refractivity contribution in [3.8, 4) is 0 Å². The molecule has 0 spiro atoms. The topological polar surface area (TPSA) is 117 Å². The van der Waals surface area contributed by atoms with E-state index in [-0.39, 0.29) is 24.6 Å².